The van der Waals surface area contributed by atoms with E-state index in [2.05, 4.69) is 5.32 Å². The van der Waals surface area contributed by atoms with E-state index in [4.69, 9.17) is 0 Å². The van der Waals surface area contributed by atoms with Gasteiger partial charge >= 0.3 is 0 Å². The number of nitrogens with one attached hydrogen (secondary N) is 1. The van der Waals surface area contributed by atoms with Gasteiger partial charge in [0.1, 0.15) is 6.10 Å². The monoisotopic (exact) mass is 236 g/mol. The Bertz CT molecular complexity index is 204. The van der Waals surface area contributed by atoms with Gasteiger partial charge in [-0.05, 0) is 26.9 Å². The first kappa shape index (κ1) is 13.8. The third kappa shape index (κ3) is 3.64. The number of aliphatic hydroxyl groups is 1. The van der Waals surface area contributed by atoms with Crippen molar-refractivity contribution >= 4 is 0 Å². The highest BCUT2D eigenvalue weighted by atomic mass is 19.3. The van der Waals surface area contributed by atoms with Gasteiger partial charge in [-0.25, -0.2) is 8.78 Å². The maximum absolute atomic E-state index is 12.2. The van der Waals surface area contributed by atoms with Gasteiger partial charge in [-0.3, -0.25) is 4.90 Å². The van der Waals surface area contributed by atoms with Crippen LogP contribution in [0.5, 0.6) is 0 Å². The van der Waals surface area contributed by atoms with Crippen molar-refractivity contribution in [2.75, 3.05) is 20.6 Å². The molecule has 2 N–H and O–H groups in total. The number of hydrogen-bond acceptors (Lipinski definition) is 3. The molecule has 3 atom stereocenters. The SMILES string of the molecule is CN[C@H]1CCCC[C@@H]1N(C)CC(O)C(F)F. The molecule has 0 aromatic rings. The second kappa shape index (κ2) is 6.47. The van der Waals surface area contributed by atoms with Gasteiger partial charge in [-0.1, -0.05) is 12.8 Å². The van der Waals surface area contributed by atoms with Gasteiger partial charge in [0.2, 0.25) is 0 Å². The third-order valence-corrected chi connectivity index (χ3v) is 3.43. The Balaban J connectivity index is 2.47. The van der Waals surface area contributed by atoms with Crippen molar-refractivity contribution in [1.82, 2.24) is 10.2 Å². The van der Waals surface area contributed by atoms with Crippen LogP contribution in [0.3, 0.4) is 0 Å². The molecular formula is C11H22F2N2O. The van der Waals surface area contributed by atoms with E-state index in [-0.39, 0.29) is 12.6 Å². The van der Waals surface area contributed by atoms with Crippen LogP contribution in [0.25, 0.3) is 0 Å². The van der Waals surface area contributed by atoms with E-state index in [0.29, 0.717) is 6.04 Å². The molecule has 1 aliphatic rings. The maximum atomic E-state index is 12.2. The van der Waals surface area contributed by atoms with Crippen molar-refractivity contribution in [2.24, 2.45) is 0 Å². The number of halogens is 2. The van der Waals surface area contributed by atoms with Crippen molar-refractivity contribution in [3.8, 4) is 0 Å². The molecule has 16 heavy (non-hydrogen) atoms. The Kier molecular flexibility index (Phi) is 5.58. The molecule has 1 aliphatic carbocycles. The van der Waals surface area contributed by atoms with E-state index in [9.17, 15) is 13.9 Å². The first-order valence-electron chi connectivity index (χ1n) is 5.90. The van der Waals surface area contributed by atoms with E-state index < -0.39 is 12.5 Å². The van der Waals surface area contributed by atoms with Gasteiger partial charge in [0.05, 0.1) is 0 Å². The van der Waals surface area contributed by atoms with Crippen molar-refractivity contribution in [3.05, 3.63) is 0 Å². The van der Waals surface area contributed by atoms with Crippen molar-refractivity contribution < 1.29 is 13.9 Å². The highest BCUT2D eigenvalue weighted by Gasteiger charge is 2.29. The molecule has 0 aromatic carbocycles. The fourth-order valence-corrected chi connectivity index (χ4v) is 2.49. The Labute approximate surface area is 95.8 Å². The van der Waals surface area contributed by atoms with E-state index in [0.717, 1.165) is 19.3 Å². The zero-order valence-electron chi connectivity index (χ0n) is 10.00. The van der Waals surface area contributed by atoms with Crippen LogP contribution in [-0.4, -0.2) is 55.3 Å². The van der Waals surface area contributed by atoms with Gasteiger partial charge in [-0.15, -0.1) is 0 Å². The molecule has 0 aliphatic heterocycles. The van der Waals surface area contributed by atoms with Gasteiger partial charge in [0.25, 0.3) is 6.43 Å². The molecule has 0 heterocycles. The van der Waals surface area contributed by atoms with Crippen LogP contribution in [0.4, 0.5) is 8.78 Å². The van der Waals surface area contributed by atoms with Gasteiger partial charge in [0, 0.05) is 18.6 Å². The number of likely N-dealkylation sites (N-methyl/N-ethyl adjacent to an activating group) is 2. The Morgan fingerprint density at radius 1 is 1.38 bits per heavy atom. The third-order valence-electron chi connectivity index (χ3n) is 3.43. The largest absolute Gasteiger partial charge is 0.386 e. The molecule has 1 unspecified atom stereocenters. The van der Waals surface area contributed by atoms with Crippen LogP contribution in [0.2, 0.25) is 0 Å². The van der Waals surface area contributed by atoms with Crippen LogP contribution in [0.15, 0.2) is 0 Å². The van der Waals surface area contributed by atoms with Crippen LogP contribution in [0.1, 0.15) is 25.7 Å². The number of alkyl halides is 2. The number of aliphatic hydroxyl groups excluding tert-OH is 1. The normalized spacial score (nSPS) is 28.7. The summed E-state index contributed by atoms with van der Waals surface area (Å²) >= 11 is 0. The summed E-state index contributed by atoms with van der Waals surface area (Å²) in [4.78, 5) is 1.86. The summed E-state index contributed by atoms with van der Waals surface area (Å²) in [6.45, 7) is 0.0422. The minimum absolute atomic E-state index is 0.0422. The molecule has 0 spiro atoms. The Morgan fingerprint density at radius 3 is 2.56 bits per heavy atom. The maximum Gasteiger partial charge on any atom is 0.265 e. The minimum Gasteiger partial charge on any atom is -0.386 e. The Morgan fingerprint density at radius 2 is 2.00 bits per heavy atom. The predicted molar refractivity (Wildman–Crippen MR) is 59.7 cm³/mol. The van der Waals surface area contributed by atoms with Crippen molar-refractivity contribution in [1.29, 1.82) is 0 Å². The molecule has 0 saturated heterocycles. The summed E-state index contributed by atoms with van der Waals surface area (Å²) in [7, 11) is 3.71. The van der Waals surface area contributed by atoms with Crippen LogP contribution in [0, 0.1) is 0 Å². The molecule has 1 saturated carbocycles. The molecule has 0 radical (unpaired) electrons. The topological polar surface area (TPSA) is 35.5 Å². The molecule has 0 amide bonds. The van der Waals surface area contributed by atoms with Gasteiger partial charge in [0.15, 0.2) is 0 Å². The molecule has 5 heteroatoms. The number of nitrogens with zero attached hydrogens (tertiary/aromatic N) is 1. The van der Waals surface area contributed by atoms with E-state index >= 15 is 0 Å². The quantitative estimate of drug-likeness (QED) is 0.749. The zero-order chi connectivity index (χ0) is 12.1. The van der Waals surface area contributed by atoms with Gasteiger partial charge in [-0.2, -0.15) is 0 Å². The smallest absolute Gasteiger partial charge is 0.265 e. The summed E-state index contributed by atoms with van der Waals surface area (Å²) in [5.41, 5.74) is 0. The zero-order valence-corrected chi connectivity index (χ0v) is 10.00. The predicted octanol–water partition coefficient (Wildman–Crippen LogP) is 1.07. The standard InChI is InChI=1S/C11H22F2N2O/c1-14-8-5-3-4-6-9(8)15(2)7-10(16)11(12)13/h8-11,14,16H,3-7H2,1-2H3/t8-,9-,10?/m0/s1. The minimum atomic E-state index is -2.65. The lowest BCUT2D eigenvalue weighted by Crippen LogP contribution is -2.51. The van der Waals surface area contributed by atoms with Crippen LogP contribution >= 0.6 is 0 Å². The van der Waals surface area contributed by atoms with E-state index in [1.807, 2.05) is 19.0 Å². The summed E-state index contributed by atoms with van der Waals surface area (Å²) in [5.74, 6) is 0. The van der Waals surface area contributed by atoms with Gasteiger partial charge < -0.3 is 10.4 Å². The molecule has 0 bridgehead atoms. The molecule has 1 rings (SSSR count). The van der Waals surface area contributed by atoms with E-state index in [1.54, 1.807) is 0 Å². The highest BCUT2D eigenvalue weighted by molar-refractivity contribution is 4.87. The molecule has 3 nitrogen and oxygen atoms in total. The van der Waals surface area contributed by atoms with Crippen molar-refractivity contribution in [2.45, 2.75) is 50.3 Å². The molecule has 1 fully saturated rings. The Hall–Kier alpha value is -0.260. The first-order chi connectivity index (χ1) is 7.56. The molecule has 0 aromatic heterocycles. The second-order valence-electron chi connectivity index (χ2n) is 4.59. The van der Waals surface area contributed by atoms with Crippen LogP contribution in [-0.2, 0) is 0 Å². The summed E-state index contributed by atoms with van der Waals surface area (Å²) in [6, 6.07) is 0.607. The highest BCUT2D eigenvalue weighted by Crippen LogP contribution is 2.22. The average Bonchev–Trinajstić information content (AvgIpc) is 2.28. The lowest BCUT2D eigenvalue weighted by Gasteiger charge is -2.38. The first-order valence-corrected chi connectivity index (χ1v) is 5.90. The molecule has 96 valence electrons. The summed E-state index contributed by atoms with van der Waals surface area (Å²) in [6.07, 6.45) is 0.225. The second-order valence-corrected chi connectivity index (χ2v) is 4.59. The summed E-state index contributed by atoms with van der Waals surface area (Å²) in [5, 5.41) is 12.4. The lowest BCUT2D eigenvalue weighted by atomic mass is 9.89. The number of rotatable bonds is 5. The van der Waals surface area contributed by atoms with Crippen molar-refractivity contribution in [3.63, 3.8) is 0 Å². The lowest BCUT2D eigenvalue weighted by molar-refractivity contribution is -0.0298. The van der Waals surface area contributed by atoms with Crippen LogP contribution < -0.4 is 5.32 Å². The summed E-state index contributed by atoms with van der Waals surface area (Å²) < 4.78 is 24.5. The van der Waals surface area contributed by atoms with E-state index in [1.165, 1.54) is 6.42 Å². The fraction of sp³-hybridized carbons (Fsp3) is 1.00. The number of hydrogen-bond donors (Lipinski definition) is 2. The average molecular weight is 236 g/mol. The molecular weight excluding hydrogens is 214 g/mol. The fourth-order valence-electron chi connectivity index (χ4n) is 2.49.